The molecule has 102 valence electrons. The predicted molar refractivity (Wildman–Crippen MR) is 65.1 cm³/mol. The first-order chi connectivity index (χ1) is 8.90. The summed E-state index contributed by atoms with van der Waals surface area (Å²) in [4.78, 5) is 24.3. The van der Waals surface area contributed by atoms with Crippen molar-refractivity contribution in [2.45, 2.75) is 18.6 Å². The molecule has 1 amide bonds. The number of aliphatic hydroxyl groups is 1. The van der Waals surface area contributed by atoms with Crippen molar-refractivity contribution < 1.29 is 19.8 Å². The van der Waals surface area contributed by atoms with Gasteiger partial charge in [0, 0.05) is 13.0 Å². The van der Waals surface area contributed by atoms with E-state index >= 15 is 0 Å². The molecule has 0 saturated carbocycles. The number of carboxylic acid groups (broad SMARTS) is 1. The smallest absolute Gasteiger partial charge is 0.326 e. The maximum absolute atomic E-state index is 12.2. The molecule has 19 heavy (non-hydrogen) atoms. The third kappa shape index (κ3) is 2.78. The topological polar surface area (TPSA) is 104 Å². The van der Waals surface area contributed by atoms with E-state index in [-0.39, 0.29) is 28.8 Å². The molecule has 2 N–H and O–H groups in total. The Kier molecular flexibility index (Phi) is 3.88. The van der Waals surface area contributed by atoms with Gasteiger partial charge in [-0.25, -0.2) is 4.79 Å². The monoisotopic (exact) mass is 305 g/mol. The summed E-state index contributed by atoms with van der Waals surface area (Å²) in [7, 11) is 0. The SMILES string of the molecule is O=C(O)[C@@H]1C[C@H](O)CN1C(=O)c1cc(Cl)nnc1Cl. The number of aliphatic hydroxyl groups excluding tert-OH is 1. The number of aromatic nitrogens is 2. The Hall–Kier alpha value is -1.44. The normalized spacial score (nSPS) is 22.6. The molecule has 1 fully saturated rings. The van der Waals surface area contributed by atoms with Gasteiger partial charge in [-0.2, -0.15) is 0 Å². The van der Waals surface area contributed by atoms with Gasteiger partial charge >= 0.3 is 5.97 Å². The minimum Gasteiger partial charge on any atom is -0.480 e. The average molecular weight is 306 g/mol. The zero-order chi connectivity index (χ0) is 14.2. The van der Waals surface area contributed by atoms with Gasteiger partial charge in [-0.15, -0.1) is 10.2 Å². The van der Waals surface area contributed by atoms with E-state index in [1.807, 2.05) is 0 Å². The molecule has 2 rings (SSSR count). The number of hydrogen-bond acceptors (Lipinski definition) is 5. The lowest BCUT2D eigenvalue weighted by atomic mass is 10.2. The van der Waals surface area contributed by atoms with E-state index in [4.69, 9.17) is 28.3 Å². The first kappa shape index (κ1) is 14.0. The number of likely N-dealkylation sites (tertiary alicyclic amines) is 1. The summed E-state index contributed by atoms with van der Waals surface area (Å²) in [6.07, 6.45) is -0.903. The lowest BCUT2D eigenvalue weighted by Crippen LogP contribution is -2.40. The van der Waals surface area contributed by atoms with Crippen LogP contribution >= 0.6 is 23.2 Å². The summed E-state index contributed by atoms with van der Waals surface area (Å²) in [5, 5.41) is 25.3. The molecule has 2 heterocycles. The molecule has 9 heteroatoms. The lowest BCUT2D eigenvalue weighted by molar-refractivity contribution is -0.141. The van der Waals surface area contributed by atoms with Crippen LogP contribution in [-0.4, -0.2) is 55.9 Å². The van der Waals surface area contributed by atoms with Gasteiger partial charge in [-0.3, -0.25) is 4.79 Å². The Bertz CT molecular complexity index is 540. The Labute approximate surface area is 117 Å². The van der Waals surface area contributed by atoms with E-state index in [2.05, 4.69) is 10.2 Å². The van der Waals surface area contributed by atoms with Gasteiger partial charge in [0.05, 0.1) is 11.7 Å². The number of rotatable bonds is 2. The molecule has 1 aliphatic heterocycles. The predicted octanol–water partition coefficient (Wildman–Crippen LogP) is 0.443. The summed E-state index contributed by atoms with van der Waals surface area (Å²) < 4.78 is 0. The maximum Gasteiger partial charge on any atom is 0.326 e. The van der Waals surface area contributed by atoms with Gasteiger partial charge in [0.25, 0.3) is 5.91 Å². The van der Waals surface area contributed by atoms with Gasteiger partial charge in [0.2, 0.25) is 0 Å². The number of carbonyl (C=O) groups excluding carboxylic acids is 1. The molecule has 0 unspecified atom stereocenters. The number of carboxylic acids is 1. The van der Waals surface area contributed by atoms with Crippen molar-refractivity contribution in [3.63, 3.8) is 0 Å². The number of carbonyl (C=O) groups is 2. The van der Waals surface area contributed by atoms with Crippen molar-refractivity contribution in [2.24, 2.45) is 0 Å². The number of aliphatic carboxylic acids is 1. The van der Waals surface area contributed by atoms with Crippen LogP contribution in [0.5, 0.6) is 0 Å². The highest BCUT2D eigenvalue weighted by Gasteiger charge is 2.40. The minimum atomic E-state index is -1.19. The molecule has 0 aromatic carbocycles. The second-order valence-electron chi connectivity index (χ2n) is 4.07. The van der Waals surface area contributed by atoms with Gasteiger partial charge < -0.3 is 15.1 Å². The fourth-order valence-electron chi connectivity index (χ4n) is 1.93. The van der Waals surface area contributed by atoms with Crippen LogP contribution in [0.4, 0.5) is 0 Å². The molecule has 1 aromatic heterocycles. The zero-order valence-corrected chi connectivity index (χ0v) is 11.0. The number of halogens is 2. The second-order valence-corrected chi connectivity index (χ2v) is 4.82. The van der Waals surface area contributed by atoms with Gasteiger partial charge in [0.1, 0.15) is 6.04 Å². The summed E-state index contributed by atoms with van der Waals surface area (Å²) in [6, 6.07) is 0.119. The number of amides is 1. The van der Waals surface area contributed by atoms with Crippen molar-refractivity contribution >= 4 is 35.1 Å². The highest BCUT2D eigenvalue weighted by Crippen LogP contribution is 2.24. The van der Waals surface area contributed by atoms with Crippen LogP contribution in [0.2, 0.25) is 10.3 Å². The largest absolute Gasteiger partial charge is 0.480 e. The molecule has 1 aliphatic rings. The highest BCUT2D eigenvalue weighted by atomic mass is 35.5. The highest BCUT2D eigenvalue weighted by molar-refractivity contribution is 6.34. The third-order valence-corrected chi connectivity index (χ3v) is 3.24. The summed E-state index contributed by atoms with van der Waals surface area (Å²) in [5.74, 6) is -1.83. The van der Waals surface area contributed by atoms with Crippen molar-refractivity contribution in [3.05, 3.63) is 21.9 Å². The van der Waals surface area contributed by atoms with Crippen LogP contribution in [0.3, 0.4) is 0 Å². The van der Waals surface area contributed by atoms with Crippen LogP contribution < -0.4 is 0 Å². The fraction of sp³-hybridized carbons (Fsp3) is 0.400. The molecular formula is C10H9Cl2N3O4. The van der Waals surface area contributed by atoms with Crippen molar-refractivity contribution in [1.29, 1.82) is 0 Å². The van der Waals surface area contributed by atoms with Crippen molar-refractivity contribution in [2.75, 3.05) is 6.54 Å². The van der Waals surface area contributed by atoms with Gasteiger partial charge in [-0.05, 0) is 6.07 Å². The molecule has 0 bridgehead atoms. The van der Waals surface area contributed by atoms with E-state index in [0.717, 1.165) is 4.90 Å². The number of β-amino-alcohol motifs (C(OH)–C–C–N with tert-alkyl or cyclic N) is 1. The maximum atomic E-state index is 12.2. The van der Waals surface area contributed by atoms with Crippen LogP contribution in [0.15, 0.2) is 6.07 Å². The van der Waals surface area contributed by atoms with E-state index in [1.165, 1.54) is 6.07 Å². The fourth-order valence-corrected chi connectivity index (χ4v) is 2.25. The van der Waals surface area contributed by atoms with E-state index < -0.39 is 24.0 Å². The molecule has 1 aromatic rings. The van der Waals surface area contributed by atoms with Crippen molar-refractivity contribution in [3.8, 4) is 0 Å². The van der Waals surface area contributed by atoms with Gasteiger partial charge in [-0.1, -0.05) is 23.2 Å². The molecule has 1 saturated heterocycles. The molecule has 0 aliphatic carbocycles. The summed E-state index contributed by atoms with van der Waals surface area (Å²) >= 11 is 11.4. The Morgan fingerprint density at radius 2 is 2.05 bits per heavy atom. The number of nitrogens with zero attached hydrogens (tertiary/aromatic N) is 3. The van der Waals surface area contributed by atoms with Crippen LogP contribution in [0, 0.1) is 0 Å². The van der Waals surface area contributed by atoms with Crippen LogP contribution in [0.1, 0.15) is 16.8 Å². The molecule has 0 spiro atoms. The molecule has 0 radical (unpaired) electrons. The molecule has 7 nitrogen and oxygen atoms in total. The molecular weight excluding hydrogens is 297 g/mol. The third-order valence-electron chi connectivity index (χ3n) is 2.77. The minimum absolute atomic E-state index is 0.0229. The average Bonchev–Trinajstić information content (AvgIpc) is 2.74. The standard InChI is InChI=1S/C10H9Cl2N3O4/c11-7-2-5(8(12)14-13-7)9(17)15-3-4(16)1-6(15)10(18)19/h2,4,6,16H,1,3H2,(H,18,19)/t4-,6-/m0/s1. The van der Waals surface area contributed by atoms with Crippen LogP contribution in [-0.2, 0) is 4.79 Å². The van der Waals surface area contributed by atoms with Crippen LogP contribution in [0.25, 0.3) is 0 Å². The quantitative estimate of drug-likeness (QED) is 0.822. The van der Waals surface area contributed by atoms with Gasteiger partial charge in [0.15, 0.2) is 10.3 Å². The number of hydrogen-bond donors (Lipinski definition) is 2. The Balaban J connectivity index is 2.33. The first-order valence-electron chi connectivity index (χ1n) is 5.30. The Morgan fingerprint density at radius 3 is 2.68 bits per heavy atom. The Morgan fingerprint density at radius 1 is 1.37 bits per heavy atom. The lowest BCUT2D eigenvalue weighted by Gasteiger charge is -2.21. The molecule has 2 atom stereocenters. The van der Waals surface area contributed by atoms with E-state index in [9.17, 15) is 14.7 Å². The first-order valence-corrected chi connectivity index (χ1v) is 6.06. The van der Waals surface area contributed by atoms with E-state index in [1.54, 1.807) is 0 Å². The summed E-state index contributed by atoms with van der Waals surface area (Å²) in [6.45, 7) is -0.0773. The second kappa shape index (κ2) is 5.28. The van der Waals surface area contributed by atoms with E-state index in [0.29, 0.717) is 0 Å². The summed E-state index contributed by atoms with van der Waals surface area (Å²) in [5.41, 5.74) is -0.0398. The van der Waals surface area contributed by atoms with Crippen molar-refractivity contribution in [1.82, 2.24) is 15.1 Å². The zero-order valence-electron chi connectivity index (χ0n) is 9.45.